The number of nitrogens with one attached hydrogen (secondary N) is 9. The molecule has 0 aliphatic rings. The van der Waals surface area contributed by atoms with Gasteiger partial charge in [-0.1, -0.05) is 12.1 Å². The van der Waals surface area contributed by atoms with Gasteiger partial charge < -0.3 is 26.6 Å². The minimum absolute atomic E-state index is 0. The van der Waals surface area contributed by atoms with Gasteiger partial charge >= 0.3 is 0 Å². The lowest BCUT2D eigenvalue weighted by Crippen LogP contribution is -2.18. The summed E-state index contributed by atoms with van der Waals surface area (Å²) in [7, 11) is 3.37. The number of carbonyl (C=O) groups excluding carboxylic acids is 1. The lowest BCUT2D eigenvalue weighted by atomic mass is 10.1. The second-order valence-corrected chi connectivity index (χ2v) is 9.01. The highest BCUT2D eigenvalue weighted by Gasteiger charge is 2.09. The highest BCUT2D eigenvalue weighted by Crippen LogP contribution is 2.17. The number of anilines is 3. The van der Waals surface area contributed by atoms with Crippen LogP contribution in [-0.2, 0) is 0 Å². The standard InChI is InChI=1S/C31H31N9O.ClH/c1-36-27(32)19-3-5-23(6-4-19)31(41)40-26-17-11-22(12-18-26)30(35)39-25-15-9-21(10-16-25)29(34)38-24-13-7-20(8-14-24)28(33)37-2;/h3-18H,1-2H3,(H2,32,36)(H2,33,37)(H2,34,38)(H2,35,39)(H,40,41);1H. The molecule has 0 saturated heterocycles. The van der Waals surface area contributed by atoms with E-state index in [1.807, 2.05) is 24.3 Å². The Morgan fingerprint density at radius 2 is 0.690 bits per heavy atom. The van der Waals surface area contributed by atoms with Gasteiger partial charge in [-0.25, -0.2) is 0 Å². The van der Waals surface area contributed by atoms with Crippen LogP contribution in [0.1, 0.15) is 32.6 Å². The molecule has 0 fully saturated rings. The fourth-order valence-electron chi connectivity index (χ4n) is 3.87. The molecular formula is C31H32ClN9O. The maximum Gasteiger partial charge on any atom is 0.255 e. The number of halogens is 1. The van der Waals surface area contributed by atoms with Crippen molar-refractivity contribution in [3.8, 4) is 0 Å². The van der Waals surface area contributed by atoms with Crippen molar-refractivity contribution >= 4 is 58.7 Å². The van der Waals surface area contributed by atoms with Crippen LogP contribution in [0.3, 0.4) is 0 Å². The molecule has 0 unspecified atom stereocenters. The number of hydrogen-bond donors (Lipinski definition) is 9. The van der Waals surface area contributed by atoms with E-state index in [1.54, 1.807) is 86.9 Å². The van der Waals surface area contributed by atoms with Crippen LogP contribution in [0, 0.1) is 21.6 Å². The number of carbonyl (C=O) groups is 1. The van der Waals surface area contributed by atoms with E-state index in [4.69, 9.17) is 21.6 Å². The zero-order valence-corrected chi connectivity index (χ0v) is 23.9. The van der Waals surface area contributed by atoms with Crippen LogP contribution in [0.4, 0.5) is 17.1 Å². The Kier molecular flexibility index (Phi) is 10.5. The molecule has 4 aromatic rings. The Bertz CT molecular complexity index is 1580. The SMILES string of the molecule is CNC(=N)c1ccc(NC(=N)c2ccc(NC(=N)c3ccc(NC(=O)c4ccc(C(=N)NC)cc4)cc3)cc2)cc1.Cl. The smallest absolute Gasteiger partial charge is 0.255 e. The Morgan fingerprint density at radius 1 is 0.429 bits per heavy atom. The minimum Gasteiger partial charge on any atom is -0.373 e. The van der Waals surface area contributed by atoms with Gasteiger partial charge in [-0.05, 0) is 84.9 Å². The Balaban J connectivity index is 0.00000484. The predicted molar refractivity (Wildman–Crippen MR) is 174 cm³/mol. The molecule has 4 aromatic carbocycles. The normalized spacial score (nSPS) is 9.95. The zero-order valence-electron chi connectivity index (χ0n) is 23.1. The Morgan fingerprint density at radius 3 is 1.02 bits per heavy atom. The van der Waals surface area contributed by atoms with Crippen LogP contribution >= 0.6 is 12.4 Å². The van der Waals surface area contributed by atoms with Gasteiger partial charge in [-0.15, -0.1) is 12.4 Å². The third-order valence-corrected chi connectivity index (χ3v) is 6.25. The summed E-state index contributed by atoms with van der Waals surface area (Å²) in [4.78, 5) is 12.6. The van der Waals surface area contributed by atoms with E-state index in [2.05, 4.69) is 26.6 Å². The molecule has 9 N–H and O–H groups in total. The molecular weight excluding hydrogens is 550 g/mol. The molecule has 42 heavy (non-hydrogen) atoms. The van der Waals surface area contributed by atoms with Gasteiger partial charge in [0.2, 0.25) is 0 Å². The summed E-state index contributed by atoms with van der Waals surface area (Å²) in [5.41, 5.74) is 5.31. The monoisotopic (exact) mass is 581 g/mol. The molecule has 1 amide bonds. The summed E-state index contributed by atoms with van der Waals surface area (Å²) in [6.45, 7) is 0. The van der Waals surface area contributed by atoms with Crippen LogP contribution < -0.4 is 26.6 Å². The van der Waals surface area contributed by atoms with Gasteiger partial charge in [-0.3, -0.25) is 26.4 Å². The van der Waals surface area contributed by atoms with E-state index in [0.717, 1.165) is 11.3 Å². The first-order valence-corrected chi connectivity index (χ1v) is 12.7. The van der Waals surface area contributed by atoms with E-state index in [1.165, 1.54) is 0 Å². The molecule has 0 spiro atoms. The highest BCUT2D eigenvalue weighted by atomic mass is 35.5. The van der Waals surface area contributed by atoms with Crippen LogP contribution in [0.15, 0.2) is 97.1 Å². The Labute approximate surface area is 250 Å². The lowest BCUT2D eigenvalue weighted by Gasteiger charge is -2.12. The van der Waals surface area contributed by atoms with Crippen molar-refractivity contribution in [1.82, 2.24) is 10.6 Å². The van der Waals surface area contributed by atoms with Crippen LogP contribution in [-0.4, -0.2) is 43.3 Å². The van der Waals surface area contributed by atoms with Crippen molar-refractivity contribution in [3.63, 3.8) is 0 Å². The average molecular weight is 582 g/mol. The Hall–Kier alpha value is -5.48. The third kappa shape index (κ3) is 7.80. The molecule has 0 bridgehead atoms. The summed E-state index contributed by atoms with van der Waals surface area (Å²) in [5, 5.41) is 46.9. The van der Waals surface area contributed by atoms with E-state index in [9.17, 15) is 4.79 Å². The summed E-state index contributed by atoms with van der Waals surface area (Å²) in [6, 6.07) is 28.2. The topological polar surface area (TPSA) is 173 Å². The van der Waals surface area contributed by atoms with Crippen LogP contribution in [0.25, 0.3) is 0 Å². The van der Waals surface area contributed by atoms with E-state index in [0.29, 0.717) is 39.5 Å². The van der Waals surface area contributed by atoms with E-state index < -0.39 is 0 Å². The second-order valence-electron chi connectivity index (χ2n) is 9.01. The first kappa shape index (κ1) is 31.1. The lowest BCUT2D eigenvalue weighted by molar-refractivity contribution is 0.102. The molecule has 0 saturated carbocycles. The van der Waals surface area contributed by atoms with Crippen molar-refractivity contribution < 1.29 is 4.79 Å². The molecule has 0 aromatic heterocycles. The van der Waals surface area contributed by atoms with Gasteiger partial charge in [0, 0.05) is 59.0 Å². The van der Waals surface area contributed by atoms with E-state index in [-0.39, 0.29) is 35.8 Å². The van der Waals surface area contributed by atoms with Gasteiger partial charge in [0.1, 0.15) is 23.3 Å². The van der Waals surface area contributed by atoms with E-state index >= 15 is 0 Å². The van der Waals surface area contributed by atoms with Crippen molar-refractivity contribution in [3.05, 3.63) is 125 Å². The van der Waals surface area contributed by atoms with Gasteiger partial charge in [0.15, 0.2) is 0 Å². The number of rotatable bonds is 8. The minimum atomic E-state index is -0.264. The summed E-state index contributed by atoms with van der Waals surface area (Å²) < 4.78 is 0. The van der Waals surface area contributed by atoms with Gasteiger partial charge in [0.05, 0.1) is 0 Å². The average Bonchev–Trinajstić information content (AvgIpc) is 3.01. The van der Waals surface area contributed by atoms with Gasteiger partial charge in [0.25, 0.3) is 5.91 Å². The molecule has 11 heteroatoms. The highest BCUT2D eigenvalue weighted by molar-refractivity contribution is 6.09. The summed E-state index contributed by atoms with van der Waals surface area (Å²) >= 11 is 0. The van der Waals surface area contributed by atoms with Crippen molar-refractivity contribution in [2.75, 3.05) is 30.0 Å². The number of amides is 1. The molecule has 0 radical (unpaired) electrons. The molecule has 214 valence electrons. The quantitative estimate of drug-likeness (QED) is 0.101. The predicted octanol–water partition coefficient (Wildman–Crippen LogP) is 5.33. The number of benzene rings is 4. The van der Waals surface area contributed by atoms with Crippen LogP contribution in [0.2, 0.25) is 0 Å². The number of amidine groups is 4. The summed E-state index contributed by atoms with van der Waals surface area (Å²) in [5.74, 6) is 0.767. The molecule has 4 rings (SSSR count). The first-order valence-electron chi connectivity index (χ1n) is 12.7. The fourth-order valence-corrected chi connectivity index (χ4v) is 3.87. The van der Waals surface area contributed by atoms with Crippen molar-refractivity contribution in [2.45, 2.75) is 0 Å². The molecule has 0 aliphatic heterocycles. The summed E-state index contributed by atoms with van der Waals surface area (Å²) in [6.07, 6.45) is 0. The van der Waals surface area contributed by atoms with Gasteiger partial charge in [-0.2, -0.15) is 0 Å². The second kappa shape index (κ2) is 14.2. The van der Waals surface area contributed by atoms with Crippen LogP contribution in [0.5, 0.6) is 0 Å². The van der Waals surface area contributed by atoms with Crippen molar-refractivity contribution in [2.24, 2.45) is 0 Å². The first-order chi connectivity index (χ1) is 19.8. The fraction of sp³-hybridized carbons (Fsp3) is 0.0645. The molecule has 10 nitrogen and oxygen atoms in total. The number of hydrogen-bond acceptors (Lipinski definition) is 5. The maximum absolute atomic E-state index is 12.6. The maximum atomic E-state index is 12.6. The van der Waals surface area contributed by atoms with Crippen molar-refractivity contribution in [1.29, 1.82) is 21.6 Å². The third-order valence-electron chi connectivity index (χ3n) is 6.25. The molecule has 0 aliphatic carbocycles. The molecule has 0 atom stereocenters. The zero-order chi connectivity index (χ0) is 29.4. The molecule has 0 heterocycles. The largest absolute Gasteiger partial charge is 0.373 e.